The first kappa shape index (κ1) is 28.1. The van der Waals surface area contributed by atoms with E-state index in [0.29, 0.717) is 18.4 Å². The van der Waals surface area contributed by atoms with Gasteiger partial charge in [-0.15, -0.1) is 11.8 Å². The second-order valence-electron chi connectivity index (χ2n) is 6.80. The van der Waals surface area contributed by atoms with Gasteiger partial charge in [-0.2, -0.15) is 0 Å². The molecule has 4 nitrogen and oxygen atoms in total. The third kappa shape index (κ3) is 11.5. The van der Waals surface area contributed by atoms with E-state index in [2.05, 4.69) is 22.2 Å². The van der Waals surface area contributed by atoms with Crippen LogP contribution in [0.1, 0.15) is 31.9 Å². The van der Waals surface area contributed by atoms with Gasteiger partial charge in [0.25, 0.3) is 0 Å². The molecule has 1 unspecified atom stereocenters. The van der Waals surface area contributed by atoms with E-state index in [-0.39, 0.29) is 5.91 Å². The molecule has 0 fully saturated rings. The highest BCUT2D eigenvalue weighted by Crippen LogP contribution is 2.24. The summed E-state index contributed by atoms with van der Waals surface area (Å²) in [5.41, 5.74) is 2.94. The summed E-state index contributed by atoms with van der Waals surface area (Å²) in [6, 6.07) is 27.6. The molecule has 0 radical (unpaired) electrons. The van der Waals surface area contributed by atoms with Crippen LogP contribution in [0.5, 0.6) is 0 Å². The van der Waals surface area contributed by atoms with Crippen molar-refractivity contribution in [1.82, 2.24) is 0 Å². The van der Waals surface area contributed by atoms with E-state index in [4.69, 9.17) is 0 Å². The van der Waals surface area contributed by atoms with Gasteiger partial charge in [0.1, 0.15) is 6.29 Å². The Bertz CT molecular complexity index is 897. The number of rotatable bonds is 9. The quantitative estimate of drug-likeness (QED) is 0.218. The van der Waals surface area contributed by atoms with Gasteiger partial charge < -0.3 is 14.8 Å². The number of hydrogen-bond acceptors (Lipinski definition) is 4. The van der Waals surface area contributed by atoms with Crippen LogP contribution in [0.25, 0.3) is 0 Å². The molecule has 0 heterocycles. The van der Waals surface area contributed by atoms with E-state index in [1.165, 1.54) is 5.56 Å². The highest BCUT2D eigenvalue weighted by molar-refractivity contribution is 7.98. The van der Waals surface area contributed by atoms with E-state index < -0.39 is 5.92 Å². The highest BCUT2D eigenvalue weighted by atomic mass is 32.2. The summed E-state index contributed by atoms with van der Waals surface area (Å²) < 4.78 is 4.54. The number of nitrogens with one attached hydrogen (secondary N) is 1. The van der Waals surface area contributed by atoms with Crippen molar-refractivity contribution < 1.29 is 14.3 Å². The average molecular weight is 466 g/mol. The Hall–Kier alpha value is -2.89. The number of carbonyl (C=O) groups is 2. The van der Waals surface area contributed by atoms with Gasteiger partial charge in [0, 0.05) is 30.1 Å². The van der Waals surface area contributed by atoms with Crippen molar-refractivity contribution in [1.29, 1.82) is 0 Å². The van der Waals surface area contributed by atoms with Crippen LogP contribution in [0.4, 0.5) is 5.69 Å². The lowest BCUT2D eigenvalue weighted by Gasteiger charge is -2.12. The average Bonchev–Trinajstić information content (AvgIpc) is 2.89. The number of benzene rings is 3. The lowest BCUT2D eigenvalue weighted by Crippen LogP contribution is -2.25. The topological polar surface area (TPSA) is 55.4 Å². The fourth-order valence-corrected chi connectivity index (χ4v) is 3.54. The van der Waals surface area contributed by atoms with E-state index in [1.54, 1.807) is 18.9 Å². The number of thioether (sulfide) groups is 1. The van der Waals surface area contributed by atoms with E-state index in [1.807, 2.05) is 93.6 Å². The van der Waals surface area contributed by atoms with E-state index >= 15 is 0 Å². The Morgan fingerprint density at radius 1 is 0.909 bits per heavy atom. The van der Waals surface area contributed by atoms with Crippen molar-refractivity contribution >= 4 is 29.6 Å². The smallest absolute Gasteiger partial charge is 0.234 e. The zero-order valence-electron chi connectivity index (χ0n) is 20.0. The van der Waals surface area contributed by atoms with Crippen LogP contribution in [0, 0.1) is 5.92 Å². The zero-order chi connectivity index (χ0) is 24.3. The number of methoxy groups -OCH3 is 1. The summed E-state index contributed by atoms with van der Waals surface area (Å²) in [5, 5.41) is 2.83. The highest BCUT2D eigenvalue weighted by Gasteiger charge is 2.18. The molecule has 0 aliphatic rings. The summed E-state index contributed by atoms with van der Waals surface area (Å²) in [5.74, 6) is -0.0744. The molecule has 3 aromatic rings. The fourth-order valence-electron chi connectivity index (χ4n) is 2.68. The van der Waals surface area contributed by atoms with Gasteiger partial charge in [0.05, 0.1) is 5.92 Å². The molecular formula is C28H35NO3S. The Kier molecular flexibility index (Phi) is 15.0. The molecule has 0 bridgehead atoms. The van der Waals surface area contributed by atoms with Gasteiger partial charge in [-0.25, -0.2) is 0 Å². The number of anilines is 1. The maximum atomic E-state index is 12.4. The third-order valence-corrected chi connectivity index (χ3v) is 5.54. The third-order valence-electron chi connectivity index (χ3n) is 4.46. The Morgan fingerprint density at radius 2 is 1.42 bits per heavy atom. The Labute approximate surface area is 202 Å². The number of ether oxygens (including phenoxy) is 1. The maximum Gasteiger partial charge on any atom is 0.234 e. The monoisotopic (exact) mass is 465 g/mol. The van der Waals surface area contributed by atoms with Crippen LogP contribution < -0.4 is 5.32 Å². The molecule has 0 spiro atoms. The summed E-state index contributed by atoms with van der Waals surface area (Å²) in [4.78, 5) is 24.9. The number of amides is 1. The lowest BCUT2D eigenvalue weighted by atomic mass is 10.00. The SMILES string of the molecule is CC.CCOC.O=CC(Cc1ccccc1)C(=O)Nc1ccc(SCc2ccccc2)cc1. The molecule has 0 saturated carbocycles. The molecule has 33 heavy (non-hydrogen) atoms. The first-order chi connectivity index (χ1) is 16.2. The van der Waals surface area contributed by atoms with Crippen molar-refractivity contribution in [3.8, 4) is 0 Å². The number of hydrogen-bond donors (Lipinski definition) is 1. The van der Waals surface area contributed by atoms with Crippen LogP contribution >= 0.6 is 11.8 Å². The second-order valence-corrected chi connectivity index (χ2v) is 7.85. The second kappa shape index (κ2) is 17.6. The van der Waals surface area contributed by atoms with Crippen LogP contribution in [0.15, 0.2) is 89.8 Å². The minimum atomic E-state index is -0.695. The molecule has 3 aromatic carbocycles. The van der Waals surface area contributed by atoms with Crippen molar-refractivity contribution in [2.45, 2.75) is 37.8 Å². The lowest BCUT2D eigenvalue weighted by molar-refractivity contribution is -0.125. The van der Waals surface area contributed by atoms with Crippen LogP contribution in [-0.2, 0) is 26.5 Å². The number of carbonyl (C=O) groups excluding carboxylic acids is 2. The van der Waals surface area contributed by atoms with Crippen LogP contribution in [0.2, 0.25) is 0 Å². The van der Waals surface area contributed by atoms with Gasteiger partial charge in [-0.1, -0.05) is 74.5 Å². The summed E-state index contributed by atoms with van der Waals surface area (Å²) in [6.45, 7) is 6.78. The molecule has 3 rings (SSSR count). The molecule has 1 N–H and O–H groups in total. The summed E-state index contributed by atoms with van der Waals surface area (Å²) in [6.07, 6.45) is 1.12. The molecule has 0 saturated heterocycles. The Morgan fingerprint density at radius 3 is 1.91 bits per heavy atom. The van der Waals surface area contributed by atoms with E-state index in [0.717, 1.165) is 22.8 Å². The van der Waals surface area contributed by atoms with Gasteiger partial charge in [0.15, 0.2) is 0 Å². The minimum absolute atomic E-state index is 0.279. The van der Waals surface area contributed by atoms with E-state index in [9.17, 15) is 9.59 Å². The van der Waals surface area contributed by atoms with Gasteiger partial charge in [-0.05, 0) is 48.7 Å². The van der Waals surface area contributed by atoms with Crippen molar-refractivity contribution in [2.75, 3.05) is 19.0 Å². The largest absolute Gasteiger partial charge is 0.385 e. The normalized spacial score (nSPS) is 10.5. The van der Waals surface area contributed by atoms with Gasteiger partial charge >= 0.3 is 0 Å². The number of aldehydes is 1. The van der Waals surface area contributed by atoms with Gasteiger partial charge in [0.2, 0.25) is 5.91 Å². The first-order valence-corrected chi connectivity index (χ1v) is 12.2. The predicted octanol–water partition coefficient (Wildman–Crippen LogP) is 6.65. The van der Waals surface area contributed by atoms with Gasteiger partial charge in [-0.3, -0.25) is 4.79 Å². The molecule has 0 aromatic heterocycles. The predicted molar refractivity (Wildman–Crippen MR) is 140 cm³/mol. The maximum absolute atomic E-state index is 12.4. The molecule has 176 valence electrons. The van der Waals surface area contributed by atoms with Crippen molar-refractivity contribution in [3.63, 3.8) is 0 Å². The minimum Gasteiger partial charge on any atom is -0.385 e. The van der Waals surface area contributed by atoms with Crippen LogP contribution in [-0.4, -0.2) is 25.9 Å². The fraction of sp³-hybridized carbons (Fsp3) is 0.286. The zero-order valence-corrected chi connectivity index (χ0v) is 20.8. The molecule has 1 amide bonds. The molecular weight excluding hydrogens is 430 g/mol. The van der Waals surface area contributed by atoms with Crippen LogP contribution in [0.3, 0.4) is 0 Å². The Balaban J connectivity index is 0.000000820. The molecule has 0 aliphatic heterocycles. The first-order valence-electron chi connectivity index (χ1n) is 11.2. The molecule has 1 atom stereocenters. The molecule has 0 aliphatic carbocycles. The molecule has 5 heteroatoms. The summed E-state index contributed by atoms with van der Waals surface area (Å²) in [7, 11) is 1.68. The van der Waals surface area contributed by atoms with Crippen molar-refractivity contribution in [3.05, 3.63) is 96.1 Å². The standard InChI is InChI=1S/C23H21NO2S.C3H8O.C2H6/c25-16-20(15-18-7-3-1-4-8-18)23(26)24-21-11-13-22(14-12-21)27-17-19-9-5-2-6-10-19;1-3-4-2;1-2/h1-14,16,20H,15,17H2,(H,24,26);3H2,1-2H3;1-2H3. The summed E-state index contributed by atoms with van der Waals surface area (Å²) >= 11 is 1.74. The van der Waals surface area contributed by atoms with Crippen molar-refractivity contribution in [2.24, 2.45) is 5.92 Å².